The molecule has 0 spiro atoms. The third-order valence-electron chi connectivity index (χ3n) is 4.20. The van der Waals surface area contributed by atoms with E-state index in [1.807, 2.05) is 0 Å². The molecule has 1 aromatic carbocycles. The van der Waals surface area contributed by atoms with Gasteiger partial charge in [-0.05, 0) is 18.9 Å². The van der Waals surface area contributed by atoms with Crippen LogP contribution in [0.4, 0.5) is 8.78 Å². The number of carbonyl (C=O) groups is 1. The molecule has 0 aliphatic heterocycles. The van der Waals surface area contributed by atoms with Gasteiger partial charge in [-0.2, -0.15) is 0 Å². The van der Waals surface area contributed by atoms with Gasteiger partial charge in [0.1, 0.15) is 15.1 Å². The Hall–Kier alpha value is -2.48. The highest BCUT2D eigenvalue weighted by Crippen LogP contribution is 2.44. The highest BCUT2D eigenvalue weighted by molar-refractivity contribution is 7.21. The number of pyridine rings is 1. The minimum Gasteiger partial charge on any atom is -0.505 e. The number of aromatic nitrogens is 1. The molecule has 124 valence electrons. The molecule has 0 radical (unpaired) electrons. The average molecular weight is 350 g/mol. The third-order valence-corrected chi connectivity index (χ3v) is 5.38. The van der Waals surface area contributed by atoms with E-state index in [-0.39, 0.29) is 27.2 Å². The van der Waals surface area contributed by atoms with Crippen LogP contribution in [0.5, 0.6) is 5.75 Å². The van der Waals surface area contributed by atoms with E-state index in [9.17, 15) is 23.5 Å². The monoisotopic (exact) mass is 350 g/mol. The summed E-state index contributed by atoms with van der Waals surface area (Å²) in [6.07, 6.45) is 1.67. The van der Waals surface area contributed by atoms with Crippen molar-refractivity contribution in [3.05, 3.63) is 38.9 Å². The summed E-state index contributed by atoms with van der Waals surface area (Å²) in [5, 5.41) is 12.7. The number of thiophene rings is 1. The van der Waals surface area contributed by atoms with Gasteiger partial charge < -0.3 is 15.0 Å². The molecule has 5 nitrogen and oxygen atoms in total. The van der Waals surface area contributed by atoms with E-state index in [1.165, 1.54) is 7.05 Å². The third kappa shape index (κ3) is 1.96. The number of hydrogen-bond acceptors (Lipinski definition) is 4. The second-order valence-electron chi connectivity index (χ2n) is 5.75. The molecular weight excluding hydrogens is 338 g/mol. The molecule has 1 aliphatic carbocycles. The summed E-state index contributed by atoms with van der Waals surface area (Å²) >= 11 is 0.975. The van der Waals surface area contributed by atoms with Crippen molar-refractivity contribution in [2.45, 2.75) is 18.9 Å². The summed E-state index contributed by atoms with van der Waals surface area (Å²) in [4.78, 5) is 25.0. The molecule has 0 atom stereocenters. The quantitative estimate of drug-likeness (QED) is 0.747. The highest BCUT2D eigenvalue weighted by Gasteiger charge is 2.31. The molecule has 0 saturated heterocycles. The van der Waals surface area contributed by atoms with E-state index in [4.69, 9.17) is 0 Å². The highest BCUT2D eigenvalue weighted by atomic mass is 32.1. The molecule has 3 aromatic rings. The molecule has 2 heterocycles. The van der Waals surface area contributed by atoms with E-state index >= 15 is 0 Å². The Morgan fingerprint density at radius 1 is 1.33 bits per heavy atom. The van der Waals surface area contributed by atoms with E-state index in [1.54, 1.807) is 4.57 Å². The summed E-state index contributed by atoms with van der Waals surface area (Å²) in [5.41, 5.74) is -0.335. The second kappa shape index (κ2) is 5.01. The number of benzene rings is 1. The first-order valence-electron chi connectivity index (χ1n) is 7.34. The molecule has 1 saturated carbocycles. The van der Waals surface area contributed by atoms with E-state index in [0.29, 0.717) is 4.83 Å². The Bertz CT molecular complexity index is 1080. The maximum absolute atomic E-state index is 13.7. The lowest BCUT2D eigenvalue weighted by Crippen LogP contribution is -2.16. The van der Waals surface area contributed by atoms with Crippen LogP contribution in [-0.2, 0) is 0 Å². The number of nitrogens with one attached hydrogen (secondary N) is 1. The van der Waals surface area contributed by atoms with Crippen molar-refractivity contribution < 1.29 is 18.7 Å². The zero-order valence-corrected chi connectivity index (χ0v) is 13.3. The number of amides is 1. The Labute approximate surface area is 138 Å². The molecular formula is C16H12F2N2O3S. The van der Waals surface area contributed by atoms with Gasteiger partial charge >= 0.3 is 0 Å². The number of halogens is 2. The maximum atomic E-state index is 13.7. The Morgan fingerprint density at radius 3 is 2.62 bits per heavy atom. The van der Waals surface area contributed by atoms with Crippen LogP contribution in [0, 0.1) is 11.6 Å². The van der Waals surface area contributed by atoms with Crippen molar-refractivity contribution >= 4 is 38.4 Å². The van der Waals surface area contributed by atoms with Crippen LogP contribution in [0.1, 0.15) is 28.6 Å². The van der Waals surface area contributed by atoms with Gasteiger partial charge in [-0.25, -0.2) is 8.78 Å². The van der Waals surface area contributed by atoms with Gasteiger partial charge in [0.25, 0.3) is 5.91 Å². The van der Waals surface area contributed by atoms with E-state index in [0.717, 1.165) is 36.3 Å². The number of fused-ring (bicyclic) bond motifs is 2. The molecule has 0 unspecified atom stereocenters. The zero-order valence-electron chi connectivity index (χ0n) is 12.5. The second-order valence-corrected chi connectivity index (χ2v) is 6.75. The lowest BCUT2D eigenvalue weighted by atomic mass is 10.1. The van der Waals surface area contributed by atoms with Crippen LogP contribution in [0.3, 0.4) is 0 Å². The molecule has 1 amide bonds. The van der Waals surface area contributed by atoms with Crippen molar-refractivity contribution in [1.29, 1.82) is 0 Å². The van der Waals surface area contributed by atoms with E-state index < -0.39 is 28.7 Å². The van der Waals surface area contributed by atoms with Gasteiger partial charge in [0, 0.05) is 24.5 Å². The maximum Gasteiger partial charge on any atom is 0.265 e. The summed E-state index contributed by atoms with van der Waals surface area (Å²) < 4.78 is 29.1. The van der Waals surface area contributed by atoms with Crippen LogP contribution in [-0.4, -0.2) is 22.6 Å². The number of carbonyl (C=O) groups excluding carboxylic acids is 1. The van der Waals surface area contributed by atoms with Crippen LogP contribution >= 0.6 is 11.3 Å². The SMILES string of the molecule is CNC(=O)c1sc2c(c1O)c(=O)c1cc(F)c(F)cc1n2C1CC1. The summed E-state index contributed by atoms with van der Waals surface area (Å²) in [5.74, 6) is -3.09. The average Bonchev–Trinajstić information content (AvgIpc) is 3.32. The smallest absolute Gasteiger partial charge is 0.265 e. The number of aromatic hydroxyl groups is 1. The Kier molecular flexibility index (Phi) is 3.14. The largest absolute Gasteiger partial charge is 0.505 e. The standard InChI is InChI=1S/C16H12F2N2O3S/c1-19-15(23)14-13(22)11-12(21)7-4-8(17)9(18)5-10(7)20(6-2-3-6)16(11)24-14/h4-6,22H,2-3H2,1H3,(H,19,23). The molecule has 0 bridgehead atoms. The number of nitrogens with zero attached hydrogens (tertiary/aromatic N) is 1. The molecule has 8 heteroatoms. The summed E-state index contributed by atoms with van der Waals surface area (Å²) in [7, 11) is 1.42. The van der Waals surface area contributed by atoms with Crippen LogP contribution in [0.2, 0.25) is 0 Å². The number of rotatable bonds is 2. The normalized spacial score (nSPS) is 14.5. The fourth-order valence-electron chi connectivity index (χ4n) is 2.91. The predicted octanol–water partition coefficient (Wildman–Crippen LogP) is 2.89. The molecule has 2 N–H and O–H groups in total. The Balaban J connectivity index is 2.23. The van der Waals surface area contributed by atoms with Crippen molar-refractivity contribution in [1.82, 2.24) is 9.88 Å². The minimum atomic E-state index is -1.12. The molecule has 1 aliphatic rings. The first kappa shape index (κ1) is 15.1. The van der Waals surface area contributed by atoms with Gasteiger partial charge in [0.2, 0.25) is 5.43 Å². The van der Waals surface area contributed by atoms with Gasteiger partial charge in [-0.1, -0.05) is 0 Å². The fourth-order valence-corrected chi connectivity index (χ4v) is 4.13. The number of hydrogen-bond donors (Lipinski definition) is 2. The minimum absolute atomic E-state index is 0.00939. The fraction of sp³-hybridized carbons (Fsp3) is 0.250. The van der Waals surface area contributed by atoms with Crippen molar-refractivity contribution in [2.24, 2.45) is 0 Å². The van der Waals surface area contributed by atoms with Gasteiger partial charge in [0.05, 0.1) is 5.52 Å². The van der Waals surface area contributed by atoms with Crippen LogP contribution in [0.25, 0.3) is 21.1 Å². The van der Waals surface area contributed by atoms with Crippen molar-refractivity contribution in [2.75, 3.05) is 7.05 Å². The molecule has 1 fully saturated rings. The zero-order chi connectivity index (χ0) is 17.2. The Morgan fingerprint density at radius 2 is 2.00 bits per heavy atom. The van der Waals surface area contributed by atoms with Crippen LogP contribution in [0.15, 0.2) is 16.9 Å². The van der Waals surface area contributed by atoms with Gasteiger partial charge in [0.15, 0.2) is 17.4 Å². The van der Waals surface area contributed by atoms with Gasteiger partial charge in [-0.3, -0.25) is 9.59 Å². The van der Waals surface area contributed by atoms with Crippen molar-refractivity contribution in [3.63, 3.8) is 0 Å². The first-order valence-corrected chi connectivity index (χ1v) is 8.16. The lowest BCUT2D eigenvalue weighted by Gasteiger charge is -2.12. The lowest BCUT2D eigenvalue weighted by molar-refractivity contribution is 0.0965. The van der Waals surface area contributed by atoms with Crippen molar-refractivity contribution in [3.8, 4) is 5.75 Å². The van der Waals surface area contributed by atoms with Crippen LogP contribution < -0.4 is 10.7 Å². The molecule has 2 aromatic heterocycles. The van der Waals surface area contributed by atoms with E-state index in [2.05, 4.69) is 5.32 Å². The van der Waals surface area contributed by atoms with Gasteiger partial charge in [-0.15, -0.1) is 11.3 Å². The topological polar surface area (TPSA) is 71.3 Å². The molecule has 24 heavy (non-hydrogen) atoms. The molecule has 4 rings (SSSR count). The predicted molar refractivity (Wildman–Crippen MR) is 86.8 cm³/mol. The summed E-state index contributed by atoms with van der Waals surface area (Å²) in [6, 6.07) is 1.89. The first-order chi connectivity index (χ1) is 11.4. The summed E-state index contributed by atoms with van der Waals surface area (Å²) in [6.45, 7) is 0.